The van der Waals surface area contributed by atoms with Gasteiger partial charge in [0, 0.05) is 5.56 Å². The lowest BCUT2D eigenvalue weighted by Gasteiger charge is -2.19. The summed E-state index contributed by atoms with van der Waals surface area (Å²) in [5.41, 5.74) is -6.71. The minimum absolute atomic E-state index is 0.345. The Morgan fingerprint density at radius 1 is 0.450 bits per heavy atom. The molecule has 0 aliphatic heterocycles. The molecule has 0 heterocycles. The summed E-state index contributed by atoms with van der Waals surface area (Å²) >= 11 is 0. The van der Waals surface area contributed by atoms with Crippen molar-refractivity contribution < 1.29 is 59.4 Å². The summed E-state index contributed by atoms with van der Waals surface area (Å²) < 4.78 is 0. The molecule has 0 aliphatic carbocycles. The Morgan fingerprint density at radius 2 is 0.825 bits per heavy atom. The second-order valence-electron chi connectivity index (χ2n) is 7.67. The van der Waals surface area contributed by atoms with Crippen LogP contribution >= 0.6 is 0 Å². The van der Waals surface area contributed by atoms with Gasteiger partial charge in [-0.2, -0.15) is 0 Å². The molecule has 0 atom stereocenters. The zero-order chi connectivity index (χ0) is 30.3. The van der Waals surface area contributed by atoms with E-state index in [1.165, 1.54) is 0 Å². The van der Waals surface area contributed by atoms with Crippen LogP contribution in [0.15, 0.2) is 73.8 Å². The van der Waals surface area contributed by atoms with E-state index in [1.807, 2.05) is 0 Å². The Labute approximate surface area is 225 Å². The first-order valence-corrected chi connectivity index (χ1v) is 10.9. The fourth-order valence-corrected chi connectivity index (χ4v) is 3.86. The lowest BCUT2D eigenvalue weighted by molar-refractivity contribution is 0.0650. The fourth-order valence-electron chi connectivity index (χ4n) is 3.86. The summed E-state index contributed by atoms with van der Waals surface area (Å²) in [6.45, 7) is 6.72. The van der Waals surface area contributed by atoms with Gasteiger partial charge in [0.05, 0.1) is 33.4 Å². The quantitative estimate of drug-likeness (QED) is 0.202. The molecule has 0 saturated heterocycles. The summed E-state index contributed by atoms with van der Waals surface area (Å²) in [6, 6.07) is 8.17. The van der Waals surface area contributed by atoms with Gasteiger partial charge in [-0.3, -0.25) is 0 Å². The van der Waals surface area contributed by atoms with Crippen molar-refractivity contribution in [1.82, 2.24) is 0 Å². The van der Waals surface area contributed by atoms with Crippen LogP contribution in [0.5, 0.6) is 0 Å². The zero-order valence-electron chi connectivity index (χ0n) is 20.3. The molecule has 0 bridgehead atoms. The van der Waals surface area contributed by atoms with Crippen LogP contribution in [-0.2, 0) is 0 Å². The first-order valence-electron chi connectivity index (χ1n) is 10.9. The van der Waals surface area contributed by atoms with E-state index in [1.54, 1.807) is 12.2 Å². The number of carboxylic acids is 6. The Hall–Kier alpha value is -6.04. The van der Waals surface area contributed by atoms with Gasteiger partial charge in [-0.05, 0) is 34.9 Å². The first kappa shape index (κ1) is 30.2. The molecule has 12 nitrogen and oxygen atoms in total. The SMILES string of the molecule is C=CC=C.O=C(O)c1cccc(-c2ccc(C(=O)O)c(C(=O)O)c2-c2cccc(C(=O)O)c2C(=O)O)c1C(=O)O. The molecule has 0 radical (unpaired) electrons. The Bertz CT molecular complexity index is 1590. The maximum absolute atomic E-state index is 12.3. The van der Waals surface area contributed by atoms with Crippen LogP contribution in [0.1, 0.15) is 62.1 Å². The van der Waals surface area contributed by atoms with Gasteiger partial charge < -0.3 is 30.6 Å². The van der Waals surface area contributed by atoms with E-state index in [-0.39, 0.29) is 11.1 Å². The summed E-state index contributed by atoms with van der Waals surface area (Å²) in [5.74, 6) is -10.4. The van der Waals surface area contributed by atoms with Crippen LogP contribution < -0.4 is 0 Å². The van der Waals surface area contributed by atoms with Crippen LogP contribution in [0.3, 0.4) is 0 Å². The summed E-state index contributed by atoms with van der Waals surface area (Å²) in [4.78, 5) is 71.6. The summed E-state index contributed by atoms with van der Waals surface area (Å²) in [6.07, 6.45) is 3.28. The molecular weight excluding hydrogens is 528 g/mol. The van der Waals surface area contributed by atoms with Crippen molar-refractivity contribution in [2.75, 3.05) is 0 Å². The van der Waals surface area contributed by atoms with Gasteiger partial charge in [0.1, 0.15) is 0 Å². The molecular formula is C28H20O12. The highest BCUT2D eigenvalue weighted by Gasteiger charge is 2.31. The molecule has 0 spiro atoms. The monoisotopic (exact) mass is 548 g/mol. The fraction of sp³-hybridized carbons (Fsp3) is 0. The van der Waals surface area contributed by atoms with E-state index in [2.05, 4.69) is 13.2 Å². The van der Waals surface area contributed by atoms with Crippen molar-refractivity contribution in [3.8, 4) is 22.3 Å². The molecule has 0 saturated carbocycles. The van der Waals surface area contributed by atoms with Crippen LogP contribution in [0.25, 0.3) is 22.3 Å². The van der Waals surface area contributed by atoms with E-state index >= 15 is 0 Å². The van der Waals surface area contributed by atoms with Crippen LogP contribution in [-0.4, -0.2) is 66.5 Å². The predicted octanol–water partition coefficient (Wildman–Crippen LogP) is 4.57. The smallest absolute Gasteiger partial charge is 0.337 e. The third-order valence-corrected chi connectivity index (χ3v) is 5.39. The number of allylic oxidation sites excluding steroid dienone is 2. The zero-order valence-corrected chi connectivity index (χ0v) is 20.3. The third kappa shape index (κ3) is 5.92. The standard InChI is InChI=1S/C24H14O12.C4H6/c25-19(26)12-5-1-3-9(16(12)22(31)32)10-7-8-14(21(29)30)18(24(35)36)15(10)11-4-2-6-13(20(27)28)17(11)23(33)34;1-3-4-2/h1-8H,(H,25,26)(H,27,28)(H,29,30)(H,31,32)(H,33,34)(H,35,36);3-4H,1-2H2. The van der Waals surface area contributed by atoms with Gasteiger partial charge in [0.2, 0.25) is 0 Å². The van der Waals surface area contributed by atoms with Crippen molar-refractivity contribution in [2.45, 2.75) is 0 Å². The Morgan fingerprint density at radius 3 is 1.20 bits per heavy atom. The second-order valence-corrected chi connectivity index (χ2v) is 7.67. The van der Waals surface area contributed by atoms with Gasteiger partial charge >= 0.3 is 35.8 Å². The molecule has 0 aliphatic rings. The molecule has 3 aromatic carbocycles. The van der Waals surface area contributed by atoms with E-state index in [0.717, 1.165) is 48.5 Å². The molecule has 204 valence electrons. The van der Waals surface area contributed by atoms with E-state index in [9.17, 15) is 59.4 Å². The third-order valence-electron chi connectivity index (χ3n) is 5.39. The Balaban J connectivity index is 0.00000131. The highest BCUT2D eigenvalue weighted by Crippen LogP contribution is 2.41. The number of aromatic carboxylic acids is 6. The molecule has 3 aromatic rings. The van der Waals surface area contributed by atoms with Crippen molar-refractivity contribution >= 4 is 35.8 Å². The van der Waals surface area contributed by atoms with E-state index in [0.29, 0.717) is 0 Å². The minimum Gasteiger partial charge on any atom is -0.478 e. The first-order chi connectivity index (χ1) is 18.8. The lowest BCUT2D eigenvalue weighted by atomic mass is 9.83. The highest BCUT2D eigenvalue weighted by atomic mass is 16.4. The van der Waals surface area contributed by atoms with Gasteiger partial charge in [0.15, 0.2) is 0 Å². The number of hydrogen-bond acceptors (Lipinski definition) is 6. The molecule has 0 fully saturated rings. The Kier molecular flexibility index (Phi) is 9.41. The molecule has 0 unspecified atom stereocenters. The molecule has 0 amide bonds. The maximum Gasteiger partial charge on any atom is 0.337 e. The maximum atomic E-state index is 12.3. The molecule has 0 aromatic heterocycles. The molecule has 40 heavy (non-hydrogen) atoms. The van der Waals surface area contributed by atoms with Gasteiger partial charge in [-0.15, -0.1) is 0 Å². The number of carbonyl (C=O) groups is 6. The predicted molar refractivity (Wildman–Crippen MR) is 139 cm³/mol. The van der Waals surface area contributed by atoms with Crippen molar-refractivity contribution in [2.24, 2.45) is 0 Å². The van der Waals surface area contributed by atoms with Crippen LogP contribution in [0, 0.1) is 0 Å². The van der Waals surface area contributed by atoms with E-state index in [4.69, 9.17) is 0 Å². The summed E-state index contributed by atoms with van der Waals surface area (Å²) in [5, 5.41) is 58.0. The van der Waals surface area contributed by atoms with Gasteiger partial charge in [-0.25, -0.2) is 28.8 Å². The topological polar surface area (TPSA) is 224 Å². The normalized spacial score (nSPS) is 9.90. The van der Waals surface area contributed by atoms with Gasteiger partial charge in [0.25, 0.3) is 0 Å². The van der Waals surface area contributed by atoms with Crippen molar-refractivity contribution in [1.29, 1.82) is 0 Å². The van der Waals surface area contributed by atoms with Gasteiger partial charge in [-0.1, -0.05) is 55.6 Å². The van der Waals surface area contributed by atoms with E-state index < -0.39 is 80.3 Å². The average Bonchev–Trinajstić information content (AvgIpc) is 2.90. The molecule has 3 rings (SSSR count). The number of carboxylic acid groups (broad SMARTS) is 6. The van der Waals surface area contributed by atoms with Crippen LogP contribution in [0.4, 0.5) is 0 Å². The summed E-state index contributed by atoms with van der Waals surface area (Å²) in [7, 11) is 0. The second kappa shape index (κ2) is 12.5. The average molecular weight is 548 g/mol. The molecule has 6 N–H and O–H groups in total. The van der Waals surface area contributed by atoms with Crippen molar-refractivity contribution in [3.63, 3.8) is 0 Å². The highest BCUT2D eigenvalue weighted by molar-refractivity contribution is 6.16. The lowest BCUT2D eigenvalue weighted by Crippen LogP contribution is -2.15. The molecule has 12 heteroatoms. The number of benzene rings is 3. The van der Waals surface area contributed by atoms with Crippen LogP contribution in [0.2, 0.25) is 0 Å². The largest absolute Gasteiger partial charge is 0.478 e. The van der Waals surface area contributed by atoms with Crippen molar-refractivity contribution in [3.05, 3.63) is 107 Å². The number of rotatable bonds is 9. The minimum atomic E-state index is -1.84. The number of hydrogen-bond donors (Lipinski definition) is 6.